The lowest BCUT2D eigenvalue weighted by Gasteiger charge is -2.27. The molecule has 0 radical (unpaired) electrons. The van der Waals surface area contributed by atoms with Gasteiger partial charge in [0.25, 0.3) is 0 Å². The van der Waals surface area contributed by atoms with E-state index in [-0.39, 0.29) is 6.61 Å². The lowest BCUT2D eigenvalue weighted by atomic mass is 10.0. The van der Waals surface area contributed by atoms with Gasteiger partial charge in [-0.1, -0.05) is 13.3 Å². The lowest BCUT2D eigenvalue weighted by Crippen LogP contribution is -2.47. The van der Waals surface area contributed by atoms with Crippen LogP contribution in [0.1, 0.15) is 40.5 Å². The van der Waals surface area contributed by atoms with Gasteiger partial charge in [-0.15, -0.1) is 0 Å². The molecule has 0 heterocycles. The summed E-state index contributed by atoms with van der Waals surface area (Å²) in [5, 5.41) is 8.03. The fourth-order valence-electron chi connectivity index (χ4n) is 1.26. The van der Waals surface area contributed by atoms with E-state index < -0.39 is 20.8 Å². The smallest absolute Gasteiger partial charge is 0.216 e. The van der Waals surface area contributed by atoms with E-state index in [1.165, 1.54) is 6.92 Å². The molecule has 86 valence electrons. The third-order valence-electron chi connectivity index (χ3n) is 2.08. The highest BCUT2D eigenvalue weighted by Crippen LogP contribution is 2.13. The van der Waals surface area contributed by atoms with Gasteiger partial charge in [-0.25, -0.2) is 13.1 Å². The molecule has 0 fully saturated rings. The van der Waals surface area contributed by atoms with E-state index >= 15 is 0 Å². The topological polar surface area (TPSA) is 66.4 Å². The molecule has 1 atom stereocenters. The number of nitrogens with one attached hydrogen (secondary N) is 1. The molecule has 4 nitrogen and oxygen atoms in total. The molecule has 0 saturated heterocycles. The monoisotopic (exact) mass is 223 g/mol. The SMILES string of the molecule is CCCC(C)(C)NS(=O)(=O)C(C)CO. The molecule has 0 aliphatic carbocycles. The molecule has 0 saturated carbocycles. The molecule has 2 N–H and O–H groups in total. The first kappa shape index (κ1) is 13.9. The number of hydrogen-bond acceptors (Lipinski definition) is 3. The molecule has 0 spiro atoms. The Hall–Kier alpha value is -0.130. The van der Waals surface area contributed by atoms with E-state index in [1.807, 2.05) is 20.8 Å². The van der Waals surface area contributed by atoms with Crippen LogP contribution in [0.4, 0.5) is 0 Å². The van der Waals surface area contributed by atoms with Gasteiger partial charge < -0.3 is 5.11 Å². The van der Waals surface area contributed by atoms with Gasteiger partial charge >= 0.3 is 0 Å². The number of sulfonamides is 1. The van der Waals surface area contributed by atoms with Crippen LogP contribution in [-0.4, -0.2) is 30.9 Å². The molecule has 14 heavy (non-hydrogen) atoms. The lowest BCUT2D eigenvalue weighted by molar-refractivity contribution is 0.293. The molecule has 0 aromatic carbocycles. The summed E-state index contributed by atoms with van der Waals surface area (Å²) in [6.45, 7) is 6.84. The van der Waals surface area contributed by atoms with Gasteiger partial charge in [0.15, 0.2) is 0 Å². The van der Waals surface area contributed by atoms with Crippen molar-refractivity contribution in [3.05, 3.63) is 0 Å². The van der Waals surface area contributed by atoms with E-state index in [2.05, 4.69) is 4.72 Å². The summed E-state index contributed by atoms with van der Waals surface area (Å²) in [4.78, 5) is 0. The Morgan fingerprint density at radius 1 is 1.43 bits per heavy atom. The fourth-order valence-corrected chi connectivity index (χ4v) is 2.53. The maximum Gasteiger partial charge on any atom is 0.216 e. The molecule has 0 aliphatic rings. The highest BCUT2D eigenvalue weighted by atomic mass is 32.2. The van der Waals surface area contributed by atoms with Crippen molar-refractivity contribution in [3.8, 4) is 0 Å². The van der Waals surface area contributed by atoms with Crippen molar-refractivity contribution in [2.45, 2.75) is 51.3 Å². The number of rotatable bonds is 6. The Morgan fingerprint density at radius 3 is 2.29 bits per heavy atom. The molecular formula is C9H21NO3S. The van der Waals surface area contributed by atoms with Crippen molar-refractivity contribution >= 4 is 10.0 Å². The molecule has 0 aromatic rings. The van der Waals surface area contributed by atoms with Crippen LogP contribution in [0.25, 0.3) is 0 Å². The summed E-state index contributed by atoms with van der Waals surface area (Å²) in [5.41, 5.74) is -0.434. The third-order valence-corrected chi connectivity index (χ3v) is 4.13. The average molecular weight is 223 g/mol. The van der Waals surface area contributed by atoms with Gasteiger partial charge in [-0.3, -0.25) is 0 Å². The third kappa shape index (κ3) is 4.39. The molecule has 5 heteroatoms. The summed E-state index contributed by atoms with van der Waals surface area (Å²) in [7, 11) is -3.39. The van der Waals surface area contributed by atoms with Crippen LogP contribution in [0.2, 0.25) is 0 Å². The molecule has 0 rings (SSSR count). The minimum absolute atomic E-state index is 0.350. The molecule has 0 aromatic heterocycles. The first-order chi connectivity index (χ1) is 6.25. The van der Waals surface area contributed by atoms with Crippen molar-refractivity contribution < 1.29 is 13.5 Å². The van der Waals surface area contributed by atoms with Crippen molar-refractivity contribution in [3.63, 3.8) is 0 Å². The van der Waals surface area contributed by atoms with Crippen LogP contribution in [-0.2, 0) is 10.0 Å². The second-order valence-electron chi connectivity index (χ2n) is 4.27. The van der Waals surface area contributed by atoms with E-state index in [9.17, 15) is 8.42 Å². The van der Waals surface area contributed by atoms with E-state index in [0.717, 1.165) is 12.8 Å². The Morgan fingerprint density at radius 2 is 1.93 bits per heavy atom. The minimum Gasteiger partial charge on any atom is -0.395 e. The van der Waals surface area contributed by atoms with Gasteiger partial charge in [0.1, 0.15) is 0 Å². The first-order valence-corrected chi connectivity index (χ1v) is 6.43. The molecule has 0 aliphatic heterocycles. The van der Waals surface area contributed by atoms with Gasteiger partial charge in [0.2, 0.25) is 10.0 Å². The number of hydrogen-bond donors (Lipinski definition) is 2. The van der Waals surface area contributed by atoms with E-state index in [0.29, 0.717) is 0 Å². The summed E-state index contributed by atoms with van der Waals surface area (Å²) in [6, 6.07) is 0. The van der Waals surface area contributed by atoms with E-state index in [1.54, 1.807) is 0 Å². The Kier molecular flexibility index (Phi) is 5.05. The largest absolute Gasteiger partial charge is 0.395 e. The van der Waals surface area contributed by atoms with E-state index in [4.69, 9.17) is 5.11 Å². The Bertz CT molecular complexity index is 259. The van der Waals surface area contributed by atoms with Gasteiger partial charge in [0, 0.05) is 5.54 Å². The van der Waals surface area contributed by atoms with Crippen LogP contribution in [0, 0.1) is 0 Å². The fraction of sp³-hybridized carbons (Fsp3) is 1.00. The standard InChI is InChI=1S/C9H21NO3S/c1-5-6-9(3,4)10-14(12,13)8(2)7-11/h8,10-11H,5-7H2,1-4H3. The molecule has 1 unspecified atom stereocenters. The highest BCUT2D eigenvalue weighted by molar-refractivity contribution is 7.90. The summed E-state index contributed by atoms with van der Waals surface area (Å²) in [5.74, 6) is 0. The van der Waals surface area contributed by atoms with Crippen LogP contribution >= 0.6 is 0 Å². The quantitative estimate of drug-likeness (QED) is 0.702. The minimum atomic E-state index is -3.39. The normalized spacial score (nSPS) is 15.5. The van der Waals surface area contributed by atoms with Crippen LogP contribution in [0.3, 0.4) is 0 Å². The second-order valence-corrected chi connectivity index (χ2v) is 6.37. The summed E-state index contributed by atoms with van der Waals surface area (Å²) < 4.78 is 25.8. The number of aliphatic hydroxyl groups is 1. The first-order valence-electron chi connectivity index (χ1n) is 4.89. The summed E-state index contributed by atoms with van der Waals surface area (Å²) in [6.07, 6.45) is 1.70. The second kappa shape index (κ2) is 5.09. The van der Waals surface area contributed by atoms with Crippen LogP contribution in [0.5, 0.6) is 0 Å². The Balaban J connectivity index is 4.50. The highest BCUT2D eigenvalue weighted by Gasteiger charge is 2.27. The van der Waals surface area contributed by atoms with Gasteiger partial charge in [-0.05, 0) is 27.2 Å². The van der Waals surface area contributed by atoms with Crippen molar-refractivity contribution in [2.24, 2.45) is 0 Å². The predicted molar refractivity (Wildman–Crippen MR) is 57.6 cm³/mol. The van der Waals surface area contributed by atoms with Gasteiger partial charge in [-0.2, -0.15) is 0 Å². The van der Waals surface area contributed by atoms with Crippen molar-refractivity contribution in [1.29, 1.82) is 0 Å². The molecule has 0 amide bonds. The predicted octanol–water partition coefficient (Wildman–Crippen LogP) is 0.865. The van der Waals surface area contributed by atoms with Crippen molar-refractivity contribution in [1.82, 2.24) is 4.72 Å². The molecular weight excluding hydrogens is 202 g/mol. The molecule has 0 bridgehead atoms. The van der Waals surface area contributed by atoms with Gasteiger partial charge in [0.05, 0.1) is 11.9 Å². The zero-order valence-corrected chi connectivity index (χ0v) is 10.2. The van der Waals surface area contributed by atoms with Crippen LogP contribution in [0.15, 0.2) is 0 Å². The van der Waals surface area contributed by atoms with Crippen LogP contribution < -0.4 is 4.72 Å². The maximum absolute atomic E-state index is 11.6. The average Bonchev–Trinajstić information content (AvgIpc) is 2.00. The number of aliphatic hydroxyl groups excluding tert-OH is 1. The summed E-state index contributed by atoms with van der Waals surface area (Å²) >= 11 is 0. The zero-order valence-electron chi connectivity index (χ0n) is 9.37. The maximum atomic E-state index is 11.6. The zero-order chi connectivity index (χ0) is 11.4. The Labute approximate surface area is 86.8 Å². The van der Waals surface area contributed by atoms with Crippen molar-refractivity contribution in [2.75, 3.05) is 6.61 Å².